The number of rotatable bonds is 3. The molecule has 7 heteroatoms. The Hall–Kier alpha value is -2.67. The van der Waals surface area contributed by atoms with Crippen LogP contribution in [0, 0.1) is 17.5 Å². The highest BCUT2D eigenvalue weighted by Crippen LogP contribution is 2.27. The Morgan fingerprint density at radius 3 is 2.57 bits per heavy atom. The predicted octanol–water partition coefficient (Wildman–Crippen LogP) is 4.48. The monoisotopic (exact) mass is 334 g/mol. The van der Waals surface area contributed by atoms with E-state index in [9.17, 15) is 18.0 Å². The molecule has 0 atom stereocenters. The molecule has 0 aliphatic heterocycles. The summed E-state index contributed by atoms with van der Waals surface area (Å²) in [6, 6.07) is 8.39. The van der Waals surface area contributed by atoms with Crippen molar-refractivity contribution in [2.75, 3.05) is 5.32 Å². The first-order chi connectivity index (χ1) is 11.0. The number of aromatic nitrogens is 1. The lowest BCUT2D eigenvalue weighted by molar-refractivity contribution is 0.102. The van der Waals surface area contributed by atoms with E-state index in [4.69, 9.17) is 0 Å². The molecule has 0 saturated carbocycles. The molecule has 0 bridgehead atoms. The van der Waals surface area contributed by atoms with Gasteiger partial charge in [0.15, 0.2) is 5.13 Å². The molecule has 116 valence electrons. The highest BCUT2D eigenvalue weighted by Gasteiger charge is 2.13. The maximum Gasteiger partial charge on any atom is 0.257 e. The lowest BCUT2D eigenvalue weighted by atomic mass is 10.1. The number of carbonyl (C=O) groups is 1. The number of thiazole rings is 1. The lowest BCUT2D eigenvalue weighted by Gasteiger charge is -2.02. The predicted molar refractivity (Wildman–Crippen MR) is 81.8 cm³/mol. The molecule has 1 N–H and O–H groups in total. The van der Waals surface area contributed by atoms with Crippen LogP contribution in [0.4, 0.5) is 18.3 Å². The number of amides is 1. The van der Waals surface area contributed by atoms with Crippen molar-refractivity contribution in [2.45, 2.75) is 0 Å². The smallest absolute Gasteiger partial charge is 0.257 e. The van der Waals surface area contributed by atoms with E-state index in [0.29, 0.717) is 0 Å². The van der Waals surface area contributed by atoms with Crippen molar-refractivity contribution >= 4 is 22.4 Å². The number of nitrogens with zero attached hydrogens (tertiary/aromatic N) is 1. The Kier molecular flexibility index (Phi) is 4.12. The van der Waals surface area contributed by atoms with E-state index in [1.54, 1.807) is 0 Å². The van der Waals surface area contributed by atoms with Gasteiger partial charge in [-0.2, -0.15) is 0 Å². The van der Waals surface area contributed by atoms with Crippen LogP contribution in [-0.2, 0) is 0 Å². The molecule has 1 amide bonds. The summed E-state index contributed by atoms with van der Waals surface area (Å²) in [7, 11) is 0. The van der Waals surface area contributed by atoms with Crippen LogP contribution in [0.1, 0.15) is 10.4 Å². The molecule has 0 fully saturated rings. The maximum absolute atomic E-state index is 13.7. The summed E-state index contributed by atoms with van der Waals surface area (Å²) in [6.07, 6.45) is 0. The number of carbonyl (C=O) groups excluding carboxylic acids is 1. The van der Waals surface area contributed by atoms with E-state index in [2.05, 4.69) is 10.3 Å². The quantitative estimate of drug-likeness (QED) is 0.767. The van der Waals surface area contributed by atoms with Crippen molar-refractivity contribution in [3.05, 3.63) is 70.9 Å². The van der Waals surface area contributed by atoms with Gasteiger partial charge >= 0.3 is 0 Å². The highest BCUT2D eigenvalue weighted by atomic mass is 32.1. The van der Waals surface area contributed by atoms with Crippen LogP contribution in [0.15, 0.2) is 47.8 Å². The van der Waals surface area contributed by atoms with Crippen LogP contribution in [0.3, 0.4) is 0 Å². The van der Waals surface area contributed by atoms with Crippen molar-refractivity contribution in [1.29, 1.82) is 0 Å². The summed E-state index contributed by atoms with van der Waals surface area (Å²) in [4.78, 5) is 16.1. The van der Waals surface area contributed by atoms with Crippen LogP contribution in [0.5, 0.6) is 0 Å². The van der Waals surface area contributed by atoms with Crippen LogP contribution in [0.25, 0.3) is 11.3 Å². The molecule has 23 heavy (non-hydrogen) atoms. The number of hydrogen-bond donors (Lipinski definition) is 1. The van der Waals surface area contributed by atoms with Crippen molar-refractivity contribution in [3.8, 4) is 11.3 Å². The second-order valence-electron chi connectivity index (χ2n) is 4.63. The summed E-state index contributed by atoms with van der Waals surface area (Å²) in [5.41, 5.74) is 0.561. The molecule has 0 radical (unpaired) electrons. The Morgan fingerprint density at radius 2 is 1.83 bits per heavy atom. The Labute approximate surface area is 133 Å². The highest BCUT2D eigenvalue weighted by molar-refractivity contribution is 7.14. The largest absolute Gasteiger partial charge is 0.298 e. The Balaban J connectivity index is 1.81. The average molecular weight is 334 g/mol. The molecule has 1 aromatic heterocycles. The molecule has 2 aromatic carbocycles. The standard InChI is InChI=1S/C16H9F3N2OS/c17-10-3-1-2-9(6-10)15(22)21-16-20-14(8-23-16)12-5-4-11(18)7-13(12)19/h1-8H,(H,20,21,22). The van der Waals surface area contributed by atoms with Gasteiger partial charge in [0, 0.05) is 22.6 Å². The fourth-order valence-corrected chi connectivity index (χ4v) is 2.66. The zero-order chi connectivity index (χ0) is 16.4. The van der Waals surface area contributed by atoms with Crippen LogP contribution >= 0.6 is 11.3 Å². The van der Waals surface area contributed by atoms with E-state index in [-0.39, 0.29) is 22.0 Å². The third kappa shape index (κ3) is 3.40. The van der Waals surface area contributed by atoms with Gasteiger partial charge in [-0.1, -0.05) is 6.07 Å². The number of nitrogens with one attached hydrogen (secondary N) is 1. The van der Waals surface area contributed by atoms with E-state index in [1.165, 1.54) is 29.6 Å². The topological polar surface area (TPSA) is 42.0 Å². The molecule has 3 rings (SSSR count). The number of benzene rings is 2. The van der Waals surface area contributed by atoms with Crippen molar-refractivity contribution in [3.63, 3.8) is 0 Å². The summed E-state index contributed by atoms with van der Waals surface area (Å²) in [5, 5.41) is 4.29. The second kappa shape index (κ2) is 6.21. The normalized spacial score (nSPS) is 10.6. The minimum Gasteiger partial charge on any atom is -0.298 e. The fourth-order valence-electron chi connectivity index (χ4n) is 1.95. The van der Waals surface area contributed by atoms with Gasteiger partial charge in [-0.15, -0.1) is 11.3 Å². The van der Waals surface area contributed by atoms with Gasteiger partial charge in [-0.3, -0.25) is 10.1 Å². The van der Waals surface area contributed by atoms with Gasteiger partial charge in [-0.05, 0) is 30.3 Å². The molecule has 3 nitrogen and oxygen atoms in total. The van der Waals surface area contributed by atoms with Crippen LogP contribution < -0.4 is 5.32 Å². The molecule has 0 spiro atoms. The third-order valence-electron chi connectivity index (χ3n) is 3.02. The van der Waals surface area contributed by atoms with Gasteiger partial charge in [0.2, 0.25) is 0 Å². The molecule has 0 aliphatic rings. The maximum atomic E-state index is 13.7. The first-order valence-corrected chi connectivity index (χ1v) is 7.39. The summed E-state index contributed by atoms with van der Waals surface area (Å²) >= 11 is 1.09. The van der Waals surface area contributed by atoms with Gasteiger partial charge in [0.1, 0.15) is 17.5 Å². The van der Waals surface area contributed by atoms with E-state index < -0.39 is 23.4 Å². The second-order valence-corrected chi connectivity index (χ2v) is 5.48. The molecular weight excluding hydrogens is 325 g/mol. The van der Waals surface area contributed by atoms with Gasteiger partial charge in [-0.25, -0.2) is 18.2 Å². The SMILES string of the molecule is O=C(Nc1nc(-c2ccc(F)cc2F)cs1)c1cccc(F)c1. The Morgan fingerprint density at radius 1 is 1.04 bits per heavy atom. The van der Waals surface area contributed by atoms with Gasteiger partial charge in [0.25, 0.3) is 5.91 Å². The van der Waals surface area contributed by atoms with E-state index in [1.807, 2.05) is 0 Å². The average Bonchev–Trinajstić information content (AvgIpc) is 2.95. The zero-order valence-electron chi connectivity index (χ0n) is 11.5. The third-order valence-corrected chi connectivity index (χ3v) is 3.78. The fraction of sp³-hybridized carbons (Fsp3) is 0. The molecule has 0 aliphatic carbocycles. The van der Waals surface area contributed by atoms with Gasteiger partial charge < -0.3 is 0 Å². The summed E-state index contributed by atoms with van der Waals surface area (Å²) in [6.45, 7) is 0. The molecule has 3 aromatic rings. The minimum absolute atomic E-state index is 0.133. The summed E-state index contributed by atoms with van der Waals surface area (Å²) in [5.74, 6) is -2.46. The first-order valence-electron chi connectivity index (χ1n) is 6.51. The number of hydrogen-bond acceptors (Lipinski definition) is 3. The first kappa shape index (κ1) is 15.2. The van der Waals surface area contributed by atoms with E-state index >= 15 is 0 Å². The minimum atomic E-state index is -0.738. The zero-order valence-corrected chi connectivity index (χ0v) is 12.3. The summed E-state index contributed by atoms with van der Waals surface area (Å²) < 4.78 is 39.7. The molecular formula is C16H9F3N2OS. The van der Waals surface area contributed by atoms with E-state index in [0.717, 1.165) is 29.5 Å². The molecule has 0 saturated heterocycles. The number of anilines is 1. The molecule has 0 unspecified atom stereocenters. The van der Waals surface area contributed by atoms with Crippen molar-refractivity contribution < 1.29 is 18.0 Å². The molecule has 1 heterocycles. The number of halogens is 3. The van der Waals surface area contributed by atoms with Crippen molar-refractivity contribution in [2.24, 2.45) is 0 Å². The Bertz CT molecular complexity index is 879. The lowest BCUT2D eigenvalue weighted by Crippen LogP contribution is -2.11. The van der Waals surface area contributed by atoms with Crippen LogP contribution in [0.2, 0.25) is 0 Å². The van der Waals surface area contributed by atoms with Crippen LogP contribution in [-0.4, -0.2) is 10.9 Å². The van der Waals surface area contributed by atoms with Gasteiger partial charge in [0.05, 0.1) is 5.69 Å². The van der Waals surface area contributed by atoms with Crippen molar-refractivity contribution in [1.82, 2.24) is 4.98 Å².